The van der Waals surface area contributed by atoms with Crippen molar-refractivity contribution in [1.29, 1.82) is 0 Å². The molecule has 0 N–H and O–H groups in total. The molecule has 4 aromatic rings. The molecular weight excluding hydrogens is 420 g/mol. The summed E-state index contributed by atoms with van der Waals surface area (Å²) in [6.07, 6.45) is 2.09. The molecule has 3 aromatic carbocycles. The lowest BCUT2D eigenvalue weighted by Crippen LogP contribution is -2.03. The second-order valence-corrected chi connectivity index (χ2v) is 8.50. The van der Waals surface area contributed by atoms with Crippen LogP contribution in [0, 0.1) is 0 Å². The molecule has 0 aliphatic rings. The topological polar surface area (TPSA) is 44.8 Å². The second kappa shape index (κ2) is 9.88. The van der Waals surface area contributed by atoms with Gasteiger partial charge in [-0.1, -0.05) is 13.3 Å². The lowest BCUT2D eigenvalue weighted by Gasteiger charge is -2.08. The van der Waals surface area contributed by atoms with E-state index in [2.05, 4.69) is 6.92 Å². The Hall–Kier alpha value is -3.31. The van der Waals surface area contributed by atoms with Gasteiger partial charge in [0.25, 0.3) is 0 Å². The third kappa shape index (κ3) is 4.48. The number of rotatable bonds is 9. The van der Waals surface area contributed by atoms with Crippen LogP contribution in [-0.2, 0) is 0 Å². The zero-order chi connectivity index (χ0) is 22.5. The Morgan fingerprint density at radius 2 is 1.50 bits per heavy atom. The maximum atomic E-state index is 13.7. The Kier molecular flexibility index (Phi) is 6.76. The minimum absolute atomic E-state index is 0.00709. The molecule has 0 saturated carbocycles. The smallest absolute Gasteiger partial charge is 0.195 e. The number of thiophene rings is 1. The van der Waals surface area contributed by atoms with Crippen molar-refractivity contribution in [3.05, 3.63) is 77.9 Å². The third-order valence-electron chi connectivity index (χ3n) is 5.36. The van der Waals surface area contributed by atoms with E-state index in [1.54, 1.807) is 25.6 Å². The predicted molar refractivity (Wildman–Crippen MR) is 131 cm³/mol. The van der Waals surface area contributed by atoms with Crippen LogP contribution in [0.2, 0.25) is 0 Å². The maximum absolute atomic E-state index is 13.7. The van der Waals surface area contributed by atoms with Crippen molar-refractivity contribution in [2.75, 3.05) is 20.8 Å². The normalized spacial score (nSPS) is 10.8. The first-order valence-electron chi connectivity index (χ1n) is 10.7. The van der Waals surface area contributed by atoms with Crippen LogP contribution in [0.15, 0.2) is 66.7 Å². The summed E-state index contributed by atoms with van der Waals surface area (Å²) in [7, 11) is 3.29. The molecule has 164 valence electrons. The van der Waals surface area contributed by atoms with Crippen molar-refractivity contribution < 1.29 is 19.0 Å². The lowest BCUT2D eigenvalue weighted by molar-refractivity contribution is 0.104. The maximum Gasteiger partial charge on any atom is 0.195 e. The van der Waals surface area contributed by atoms with Gasteiger partial charge in [-0.25, -0.2) is 0 Å². The van der Waals surface area contributed by atoms with E-state index in [-0.39, 0.29) is 5.78 Å². The molecule has 1 aromatic heterocycles. The number of fused-ring (bicyclic) bond motifs is 1. The third-order valence-corrected chi connectivity index (χ3v) is 6.56. The standard InChI is InChI=1S/C27H26O4S/c1-4-5-16-31-21-12-6-18(7-13-21)26(28)25-23-15-14-22(30-3)17-24(23)32-27(25)19-8-10-20(29-2)11-9-19/h6-15,17H,4-5,16H2,1-3H3. The molecule has 0 radical (unpaired) electrons. The predicted octanol–water partition coefficient (Wildman–Crippen LogP) is 7.00. The van der Waals surface area contributed by atoms with E-state index in [9.17, 15) is 4.79 Å². The monoisotopic (exact) mass is 446 g/mol. The molecule has 0 atom stereocenters. The van der Waals surface area contributed by atoms with Crippen molar-refractivity contribution in [2.45, 2.75) is 19.8 Å². The number of carbonyl (C=O) groups is 1. The molecule has 0 fully saturated rings. The molecule has 4 rings (SSSR count). The van der Waals surface area contributed by atoms with Gasteiger partial charge in [-0.2, -0.15) is 0 Å². The number of methoxy groups -OCH3 is 2. The van der Waals surface area contributed by atoms with Crippen LogP contribution < -0.4 is 14.2 Å². The summed E-state index contributed by atoms with van der Waals surface area (Å²) < 4.78 is 17.5. The van der Waals surface area contributed by atoms with E-state index in [1.165, 1.54) is 0 Å². The second-order valence-electron chi connectivity index (χ2n) is 7.45. The van der Waals surface area contributed by atoms with Crippen LogP contribution in [-0.4, -0.2) is 26.6 Å². The van der Waals surface area contributed by atoms with Crippen molar-refractivity contribution in [3.63, 3.8) is 0 Å². The fraction of sp³-hybridized carbons (Fsp3) is 0.222. The summed E-state index contributed by atoms with van der Waals surface area (Å²) in [5.74, 6) is 2.33. The molecule has 0 aliphatic heterocycles. The largest absolute Gasteiger partial charge is 0.497 e. The Labute approximate surface area is 192 Å². The summed E-state index contributed by atoms with van der Waals surface area (Å²) in [6, 6.07) is 21.1. The van der Waals surface area contributed by atoms with Crippen LogP contribution in [0.1, 0.15) is 35.7 Å². The molecule has 32 heavy (non-hydrogen) atoms. The summed E-state index contributed by atoms with van der Waals surface area (Å²) in [5, 5.41) is 0.926. The van der Waals surface area contributed by atoms with Crippen molar-refractivity contribution in [3.8, 4) is 27.7 Å². The van der Waals surface area contributed by atoms with Gasteiger partial charge in [-0.15, -0.1) is 11.3 Å². The minimum atomic E-state index is -0.00709. The SMILES string of the molecule is CCCCOc1ccc(C(=O)c2c(-c3ccc(OC)cc3)sc3cc(OC)ccc23)cc1. The fourth-order valence-corrected chi connectivity index (χ4v) is 4.79. The fourth-order valence-electron chi connectivity index (χ4n) is 3.56. The molecular formula is C27H26O4S. The molecule has 0 unspecified atom stereocenters. The Bertz CT molecular complexity index is 1210. The number of unbranched alkanes of at least 4 members (excludes halogenated alkanes) is 1. The van der Waals surface area contributed by atoms with E-state index < -0.39 is 0 Å². The van der Waals surface area contributed by atoms with Gasteiger partial charge >= 0.3 is 0 Å². The van der Waals surface area contributed by atoms with Gasteiger partial charge < -0.3 is 14.2 Å². The Morgan fingerprint density at radius 3 is 2.16 bits per heavy atom. The molecule has 0 saturated heterocycles. The lowest BCUT2D eigenvalue weighted by atomic mass is 9.97. The van der Waals surface area contributed by atoms with E-state index in [0.717, 1.165) is 50.6 Å². The number of carbonyl (C=O) groups excluding carboxylic acids is 1. The Morgan fingerprint density at radius 1 is 0.844 bits per heavy atom. The zero-order valence-corrected chi connectivity index (χ0v) is 19.3. The summed E-state index contributed by atoms with van der Waals surface area (Å²) in [4.78, 5) is 14.6. The molecule has 0 aliphatic carbocycles. The van der Waals surface area contributed by atoms with Gasteiger partial charge in [0.15, 0.2) is 5.78 Å². The summed E-state index contributed by atoms with van der Waals surface area (Å²) in [6.45, 7) is 2.81. The van der Waals surface area contributed by atoms with Gasteiger partial charge in [-0.3, -0.25) is 4.79 Å². The Balaban J connectivity index is 1.76. The number of ether oxygens (including phenoxy) is 3. The van der Waals surface area contributed by atoms with Gasteiger partial charge in [-0.05, 0) is 78.7 Å². The number of ketones is 1. The first-order valence-corrected chi connectivity index (χ1v) is 11.5. The highest BCUT2D eigenvalue weighted by atomic mass is 32.1. The van der Waals surface area contributed by atoms with E-state index in [4.69, 9.17) is 14.2 Å². The molecule has 0 bridgehead atoms. The molecule has 4 nitrogen and oxygen atoms in total. The quantitative estimate of drug-likeness (QED) is 0.205. The van der Waals surface area contributed by atoms with E-state index >= 15 is 0 Å². The number of hydrogen-bond acceptors (Lipinski definition) is 5. The van der Waals surface area contributed by atoms with Crippen LogP contribution in [0.5, 0.6) is 17.2 Å². The van der Waals surface area contributed by atoms with E-state index in [1.807, 2.05) is 66.7 Å². The van der Waals surface area contributed by atoms with Crippen LogP contribution in [0.4, 0.5) is 0 Å². The van der Waals surface area contributed by atoms with Crippen LogP contribution in [0.25, 0.3) is 20.5 Å². The average molecular weight is 447 g/mol. The number of benzene rings is 3. The van der Waals surface area contributed by atoms with Crippen molar-refractivity contribution in [2.24, 2.45) is 0 Å². The van der Waals surface area contributed by atoms with Crippen molar-refractivity contribution in [1.82, 2.24) is 0 Å². The molecule has 0 amide bonds. The molecule has 0 spiro atoms. The highest BCUT2D eigenvalue weighted by Gasteiger charge is 2.22. The van der Waals surface area contributed by atoms with Crippen molar-refractivity contribution >= 4 is 27.2 Å². The van der Waals surface area contributed by atoms with Crippen LogP contribution >= 0.6 is 11.3 Å². The number of hydrogen-bond donors (Lipinski definition) is 0. The summed E-state index contributed by atoms with van der Waals surface area (Å²) >= 11 is 1.59. The zero-order valence-electron chi connectivity index (χ0n) is 18.5. The average Bonchev–Trinajstić information content (AvgIpc) is 3.23. The molecule has 5 heteroatoms. The van der Waals surface area contributed by atoms with Gasteiger partial charge in [0.2, 0.25) is 0 Å². The van der Waals surface area contributed by atoms with Gasteiger partial charge in [0, 0.05) is 26.1 Å². The highest BCUT2D eigenvalue weighted by molar-refractivity contribution is 7.22. The van der Waals surface area contributed by atoms with Gasteiger partial charge in [0.05, 0.1) is 20.8 Å². The first kappa shape index (κ1) is 21.9. The summed E-state index contributed by atoms with van der Waals surface area (Å²) in [5.41, 5.74) is 2.32. The first-order chi connectivity index (χ1) is 15.6. The molecule has 1 heterocycles. The van der Waals surface area contributed by atoms with Gasteiger partial charge in [0.1, 0.15) is 17.2 Å². The van der Waals surface area contributed by atoms with E-state index in [0.29, 0.717) is 17.7 Å². The minimum Gasteiger partial charge on any atom is -0.497 e. The van der Waals surface area contributed by atoms with Crippen LogP contribution in [0.3, 0.4) is 0 Å². The highest BCUT2D eigenvalue weighted by Crippen LogP contribution is 2.41.